The van der Waals surface area contributed by atoms with Gasteiger partial charge in [0.25, 0.3) is 0 Å². The van der Waals surface area contributed by atoms with Crippen LogP contribution >= 0.6 is 0 Å². The Morgan fingerprint density at radius 1 is 0.667 bits per heavy atom. The maximum absolute atomic E-state index is 2.28. The van der Waals surface area contributed by atoms with Crippen LogP contribution in [-0.4, -0.2) is 29.6 Å². The van der Waals surface area contributed by atoms with Crippen molar-refractivity contribution in [1.29, 1.82) is 0 Å². The number of rotatable bonds is 11. The van der Waals surface area contributed by atoms with Gasteiger partial charge in [-0.15, -0.1) is 0 Å². The third-order valence-corrected chi connectivity index (χ3v) is 3.66. The van der Waals surface area contributed by atoms with Gasteiger partial charge in [-0.25, -0.2) is 0 Å². The summed E-state index contributed by atoms with van der Waals surface area (Å²) >= 11 is 0. The van der Waals surface area contributed by atoms with E-state index >= 15 is 0 Å². The van der Waals surface area contributed by atoms with Crippen LogP contribution in [0.4, 0.5) is 0 Å². The molecule has 0 fully saturated rings. The molecule has 0 aliphatic heterocycles. The largest absolute Gasteiger partial charge is 1.00 e. The van der Waals surface area contributed by atoms with E-state index in [9.17, 15) is 0 Å². The third-order valence-electron chi connectivity index (χ3n) is 3.66. The summed E-state index contributed by atoms with van der Waals surface area (Å²) in [5.74, 6) is 0. The second-order valence-electron chi connectivity index (χ2n) is 5.42. The first-order valence-electron chi connectivity index (χ1n) is 7.97. The first-order chi connectivity index (χ1) is 8.93. The van der Waals surface area contributed by atoms with Crippen LogP contribution in [0.2, 0.25) is 0 Å². The van der Waals surface area contributed by atoms with Crippen LogP contribution in [0.1, 0.15) is 76.7 Å². The average molecular weight is 323 g/mol. The van der Waals surface area contributed by atoms with Gasteiger partial charge in [-0.1, -0.05) is 95.0 Å². The van der Waals surface area contributed by atoms with Gasteiger partial charge in [0, 0.05) is 29.6 Å². The van der Waals surface area contributed by atoms with Crippen LogP contribution in [-0.2, 0) is 6.42 Å². The van der Waals surface area contributed by atoms with Crippen molar-refractivity contribution in [3.63, 3.8) is 0 Å². The molecule has 0 unspecified atom stereocenters. The normalized spacial score (nSPS) is 9.19. The fourth-order valence-corrected chi connectivity index (χ4v) is 2.46. The van der Waals surface area contributed by atoms with E-state index in [2.05, 4.69) is 37.3 Å². The van der Waals surface area contributed by atoms with E-state index in [1.165, 1.54) is 76.2 Å². The Labute approximate surface area is 161 Å². The third kappa shape index (κ3) is 16.7. The molecular formula is C18H34ClNNa. The maximum atomic E-state index is 2.28. The predicted molar refractivity (Wildman–Crippen MR) is 93.7 cm³/mol. The molecule has 119 valence electrons. The summed E-state index contributed by atoms with van der Waals surface area (Å²) in [6, 6.07) is 10.9. The van der Waals surface area contributed by atoms with Crippen molar-refractivity contribution in [1.82, 2.24) is 6.15 Å². The second-order valence-corrected chi connectivity index (χ2v) is 5.42. The average Bonchev–Trinajstić information content (AvgIpc) is 2.42. The van der Waals surface area contributed by atoms with E-state index in [1.54, 1.807) is 0 Å². The van der Waals surface area contributed by atoms with Gasteiger partial charge >= 0.3 is 0 Å². The van der Waals surface area contributed by atoms with E-state index < -0.39 is 0 Å². The molecule has 0 aliphatic carbocycles. The number of quaternary nitrogens is 1. The topological polar surface area (TPSA) is 36.5 Å². The zero-order valence-corrected chi connectivity index (χ0v) is 17.3. The standard InChI is InChI=1S/C18H30.ClH.H3N.Na/c1-2-3-4-5-6-7-8-9-10-12-15-18-16-13-11-14-17-18;;;/h11,13-14,16-17H,2-10,12,15H2,1H3;1H;1H3;. The quantitative estimate of drug-likeness (QED) is 0.480. The van der Waals surface area contributed by atoms with Gasteiger partial charge in [0.05, 0.1) is 0 Å². The van der Waals surface area contributed by atoms with E-state index in [-0.39, 0.29) is 48.1 Å². The Balaban J connectivity index is -0.00000108. The molecule has 1 rings (SSSR count). The Morgan fingerprint density at radius 2 is 1.10 bits per heavy atom. The van der Waals surface area contributed by atoms with Gasteiger partial charge in [-0.3, -0.25) is 0 Å². The predicted octanol–water partition coefficient (Wildman–Crippen LogP) is 3.15. The van der Waals surface area contributed by atoms with Crippen molar-refractivity contribution in [3.05, 3.63) is 35.9 Å². The molecule has 0 bridgehead atoms. The molecule has 1 aromatic rings. The first-order valence-corrected chi connectivity index (χ1v) is 7.97. The van der Waals surface area contributed by atoms with Crippen LogP contribution < -0.4 is 18.6 Å². The van der Waals surface area contributed by atoms with E-state index in [0.717, 1.165) is 0 Å². The molecule has 4 N–H and O–H groups in total. The van der Waals surface area contributed by atoms with Crippen molar-refractivity contribution >= 4 is 29.6 Å². The first kappa shape index (κ1) is 26.4. The van der Waals surface area contributed by atoms with Crippen LogP contribution in [0.15, 0.2) is 30.3 Å². The van der Waals surface area contributed by atoms with Crippen LogP contribution in [0.3, 0.4) is 0 Å². The monoisotopic (exact) mass is 322 g/mol. The summed E-state index contributed by atoms with van der Waals surface area (Å²) in [5, 5.41) is 0. The van der Waals surface area contributed by atoms with Crippen molar-refractivity contribution < 1.29 is 12.4 Å². The summed E-state index contributed by atoms with van der Waals surface area (Å²) in [5.41, 5.74) is 1.50. The van der Waals surface area contributed by atoms with Crippen LogP contribution in [0.25, 0.3) is 0 Å². The molecule has 0 aliphatic rings. The molecule has 3 heteroatoms. The Morgan fingerprint density at radius 3 is 1.57 bits per heavy atom. The molecule has 0 saturated heterocycles. The van der Waals surface area contributed by atoms with Gasteiger partial charge in [0.15, 0.2) is 0 Å². The van der Waals surface area contributed by atoms with Gasteiger partial charge < -0.3 is 18.6 Å². The number of benzene rings is 1. The van der Waals surface area contributed by atoms with Gasteiger partial charge in [0.2, 0.25) is 0 Å². The summed E-state index contributed by atoms with van der Waals surface area (Å²) < 4.78 is 0. The minimum Gasteiger partial charge on any atom is -1.00 e. The van der Waals surface area contributed by atoms with Gasteiger partial charge in [-0.2, -0.15) is 0 Å². The molecule has 21 heavy (non-hydrogen) atoms. The number of hydrogen-bond acceptors (Lipinski definition) is 0. The minimum absolute atomic E-state index is 0. The van der Waals surface area contributed by atoms with Crippen LogP contribution in [0, 0.1) is 0 Å². The smallest absolute Gasteiger partial charge is 0 e. The zero-order chi connectivity index (χ0) is 12.9. The fourth-order valence-electron chi connectivity index (χ4n) is 2.46. The molecule has 1 nitrogen and oxygen atoms in total. The van der Waals surface area contributed by atoms with E-state index in [0.29, 0.717) is 0 Å². The number of hydrogen-bond donors (Lipinski definition) is 1. The summed E-state index contributed by atoms with van der Waals surface area (Å²) in [7, 11) is 0. The minimum atomic E-state index is 0. The molecule has 0 amide bonds. The Kier molecular flexibility index (Phi) is 25.7. The fraction of sp³-hybridized carbons (Fsp3) is 0.667. The molecular weight excluding hydrogens is 289 g/mol. The molecule has 0 atom stereocenters. The van der Waals surface area contributed by atoms with Crippen molar-refractivity contribution in [2.75, 3.05) is 0 Å². The molecule has 0 heterocycles. The van der Waals surface area contributed by atoms with E-state index in [1.807, 2.05) is 0 Å². The van der Waals surface area contributed by atoms with Crippen molar-refractivity contribution in [2.45, 2.75) is 77.6 Å². The van der Waals surface area contributed by atoms with E-state index in [4.69, 9.17) is 0 Å². The van der Waals surface area contributed by atoms with Gasteiger partial charge in [0.1, 0.15) is 0 Å². The number of halogens is 1. The molecule has 0 aromatic heterocycles. The SMILES string of the molecule is CCCCCCCCCCCCc1ccccc1.[Cl-].[NH4+].[Na]. The number of unbranched alkanes of at least 4 members (excludes halogenated alkanes) is 9. The molecule has 1 radical (unpaired) electrons. The summed E-state index contributed by atoms with van der Waals surface area (Å²) in [6.07, 6.45) is 15.5. The molecule has 0 saturated carbocycles. The Bertz CT molecular complexity index is 280. The Hall–Kier alpha value is 0.470. The van der Waals surface area contributed by atoms with Crippen molar-refractivity contribution in [3.8, 4) is 0 Å². The molecule has 1 aromatic carbocycles. The maximum Gasteiger partial charge on any atom is 0 e. The number of aryl methyl sites for hydroxylation is 1. The summed E-state index contributed by atoms with van der Waals surface area (Å²) in [4.78, 5) is 0. The van der Waals surface area contributed by atoms with Crippen LogP contribution in [0.5, 0.6) is 0 Å². The zero-order valence-electron chi connectivity index (χ0n) is 14.5. The summed E-state index contributed by atoms with van der Waals surface area (Å²) in [6.45, 7) is 2.28. The second kappa shape index (κ2) is 20.5. The molecule has 0 spiro atoms. The van der Waals surface area contributed by atoms with Gasteiger partial charge in [-0.05, 0) is 18.4 Å². The van der Waals surface area contributed by atoms with Crippen molar-refractivity contribution in [2.24, 2.45) is 0 Å².